The molecule has 1 aromatic carbocycles. The molecule has 4 heteroatoms. The van der Waals surface area contributed by atoms with Crippen molar-refractivity contribution in [1.82, 2.24) is 5.32 Å². The zero-order valence-electron chi connectivity index (χ0n) is 14.0. The summed E-state index contributed by atoms with van der Waals surface area (Å²) >= 11 is 0. The van der Waals surface area contributed by atoms with Gasteiger partial charge in [-0.1, -0.05) is 26.7 Å². The largest absolute Gasteiger partial charge is 0.496 e. The summed E-state index contributed by atoms with van der Waals surface area (Å²) in [7, 11) is 4.95. The molecule has 0 aromatic heterocycles. The van der Waals surface area contributed by atoms with Crippen molar-refractivity contribution in [2.24, 2.45) is 5.92 Å². The Morgan fingerprint density at radius 2 is 1.52 bits per heavy atom. The Morgan fingerprint density at radius 1 is 0.905 bits per heavy atom. The zero-order chi connectivity index (χ0) is 15.7. The third kappa shape index (κ3) is 5.84. The number of rotatable bonds is 10. The Morgan fingerprint density at radius 3 is 2.10 bits per heavy atom. The van der Waals surface area contributed by atoms with Gasteiger partial charge in [0.2, 0.25) is 0 Å². The number of unbranched alkanes of at least 4 members (excludes halogenated alkanes) is 1. The average molecular weight is 295 g/mol. The second kappa shape index (κ2) is 9.50. The van der Waals surface area contributed by atoms with Gasteiger partial charge in [0, 0.05) is 18.2 Å². The van der Waals surface area contributed by atoms with E-state index in [1.54, 1.807) is 21.3 Å². The molecule has 0 atom stereocenters. The van der Waals surface area contributed by atoms with E-state index in [4.69, 9.17) is 14.2 Å². The second-order valence-corrected chi connectivity index (χ2v) is 5.59. The van der Waals surface area contributed by atoms with E-state index >= 15 is 0 Å². The summed E-state index contributed by atoms with van der Waals surface area (Å²) < 4.78 is 16.0. The predicted octanol–water partition coefficient (Wildman–Crippen LogP) is 3.63. The quantitative estimate of drug-likeness (QED) is 0.669. The van der Waals surface area contributed by atoms with E-state index in [1.165, 1.54) is 19.3 Å². The van der Waals surface area contributed by atoms with E-state index in [0.29, 0.717) is 5.75 Å². The van der Waals surface area contributed by atoms with E-state index in [-0.39, 0.29) is 0 Å². The molecule has 4 nitrogen and oxygen atoms in total. The first kappa shape index (κ1) is 17.6. The van der Waals surface area contributed by atoms with Crippen LogP contribution in [0.15, 0.2) is 12.1 Å². The van der Waals surface area contributed by atoms with Gasteiger partial charge >= 0.3 is 0 Å². The molecule has 0 unspecified atom stereocenters. The highest BCUT2D eigenvalue weighted by molar-refractivity contribution is 5.50. The molecule has 0 aliphatic carbocycles. The minimum Gasteiger partial charge on any atom is -0.496 e. The fourth-order valence-corrected chi connectivity index (χ4v) is 2.26. The molecule has 1 aromatic rings. The molecule has 0 bridgehead atoms. The minimum absolute atomic E-state index is 0.690. The molecule has 0 amide bonds. The molecule has 21 heavy (non-hydrogen) atoms. The topological polar surface area (TPSA) is 39.7 Å². The van der Waals surface area contributed by atoms with Crippen molar-refractivity contribution in [3.05, 3.63) is 17.7 Å². The Hall–Kier alpha value is -1.42. The molecule has 1 rings (SSSR count). The van der Waals surface area contributed by atoms with Gasteiger partial charge in [0.25, 0.3) is 0 Å². The van der Waals surface area contributed by atoms with Gasteiger partial charge in [0.1, 0.15) is 5.75 Å². The molecule has 0 radical (unpaired) electrons. The van der Waals surface area contributed by atoms with Crippen LogP contribution in [0.4, 0.5) is 0 Å². The molecule has 0 fully saturated rings. The van der Waals surface area contributed by atoms with Crippen LogP contribution < -0.4 is 19.5 Å². The smallest absolute Gasteiger partial charge is 0.164 e. The van der Waals surface area contributed by atoms with Crippen LogP contribution in [0.5, 0.6) is 17.2 Å². The van der Waals surface area contributed by atoms with Gasteiger partial charge in [0.05, 0.1) is 21.3 Å². The first-order chi connectivity index (χ1) is 10.1. The number of ether oxygens (including phenoxy) is 3. The van der Waals surface area contributed by atoms with Crippen LogP contribution in [0.2, 0.25) is 0 Å². The molecule has 0 spiro atoms. The van der Waals surface area contributed by atoms with Gasteiger partial charge in [-0.05, 0) is 24.9 Å². The number of hydrogen-bond acceptors (Lipinski definition) is 4. The van der Waals surface area contributed by atoms with Crippen molar-refractivity contribution in [2.45, 2.75) is 39.7 Å². The zero-order valence-corrected chi connectivity index (χ0v) is 14.0. The van der Waals surface area contributed by atoms with Gasteiger partial charge < -0.3 is 19.5 Å². The van der Waals surface area contributed by atoms with Crippen LogP contribution >= 0.6 is 0 Å². The van der Waals surface area contributed by atoms with Crippen molar-refractivity contribution in [2.75, 3.05) is 27.9 Å². The van der Waals surface area contributed by atoms with Crippen LogP contribution in [0.3, 0.4) is 0 Å². The van der Waals surface area contributed by atoms with Crippen molar-refractivity contribution in [3.63, 3.8) is 0 Å². The number of hydrogen-bond donors (Lipinski definition) is 1. The Bertz CT molecular complexity index is 419. The summed E-state index contributed by atoms with van der Waals surface area (Å²) in [6.45, 7) is 6.32. The molecular weight excluding hydrogens is 266 g/mol. The maximum absolute atomic E-state index is 5.42. The van der Waals surface area contributed by atoms with Crippen LogP contribution in [0.1, 0.15) is 38.7 Å². The fourth-order valence-electron chi connectivity index (χ4n) is 2.26. The van der Waals surface area contributed by atoms with Gasteiger partial charge in [0.15, 0.2) is 11.5 Å². The molecule has 0 heterocycles. The average Bonchev–Trinajstić information content (AvgIpc) is 2.49. The molecular formula is C17H29NO3. The first-order valence-corrected chi connectivity index (χ1v) is 7.62. The lowest BCUT2D eigenvalue weighted by atomic mass is 10.1. The summed E-state index contributed by atoms with van der Waals surface area (Å²) in [5.74, 6) is 3.03. The SMILES string of the molecule is COc1cc(OC)c(OC)cc1CNCCCCC(C)C. The number of nitrogens with one attached hydrogen (secondary N) is 1. The lowest BCUT2D eigenvalue weighted by molar-refractivity contribution is 0.347. The van der Waals surface area contributed by atoms with Crippen LogP contribution in [0, 0.1) is 5.92 Å². The van der Waals surface area contributed by atoms with E-state index in [1.807, 2.05) is 12.1 Å². The highest BCUT2D eigenvalue weighted by atomic mass is 16.5. The normalized spacial score (nSPS) is 10.8. The minimum atomic E-state index is 0.690. The van der Waals surface area contributed by atoms with Crippen molar-refractivity contribution in [1.29, 1.82) is 0 Å². The maximum Gasteiger partial charge on any atom is 0.164 e. The summed E-state index contributed by atoms with van der Waals surface area (Å²) in [5, 5.41) is 3.46. The summed E-state index contributed by atoms with van der Waals surface area (Å²) in [4.78, 5) is 0. The van der Waals surface area contributed by atoms with E-state index in [2.05, 4.69) is 19.2 Å². The van der Waals surface area contributed by atoms with Gasteiger partial charge in [-0.3, -0.25) is 0 Å². The Kier molecular flexibility index (Phi) is 7.98. The van der Waals surface area contributed by atoms with Crippen LogP contribution in [0.25, 0.3) is 0 Å². The molecule has 0 aliphatic heterocycles. The highest BCUT2D eigenvalue weighted by Crippen LogP contribution is 2.34. The Labute approximate surface area is 128 Å². The van der Waals surface area contributed by atoms with Crippen molar-refractivity contribution < 1.29 is 14.2 Å². The molecule has 0 saturated carbocycles. The van der Waals surface area contributed by atoms with Gasteiger partial charge in [-0.15, -0.1) is 0 Å². The highest BCUT2D eigenvalue weighted by Gasteiger charge is 2.11. The van der Waals surface area contributed by atoms with E-state index in [9.17, 15) is 0 Å². The molecule has 0 saturated heterocycles. The fraction of sp³-hybridized carbons (Fsp3) is 0.647. The van der Waals surface area contributed by atoms with Crippen molar-refractivity contribution >= 4 is 0 Å². The lowest BCUT2D eigenvalue weighted by Gasteiger charge is -2.14. The summed E-state index contributed by atoms with van der Waals surface area (Å²) in [6, 6.07) is 3.84. The number of benzene rings is 1. The summed E-state index contributed by atoms with van der Waals surface area (Å²) in [5.41, 5.74) is 1.08. The Balaban J connectivity index is 2.53. The molecule has 120 valence electrons. The molecule has 1 N–H and O–H groups in total. The third-order valence-corrected chi connectivity index (χ3v) is 3.49. The second-order valence-electron chi connectivity index (χ2n) is 5.59. The van der Waals surface area contributed by atoms with Gasteiger partial charge in [-0.2, -0.15) is 0 Å². The van der Waals surface area contributed by atoms with Crippen molar-refractivity contribution in [3.8, 4) is 17.2 Å². The lowest BCUT2D eigenvalue weighted by Crippen LogP contribution is -2.15. The standard InChI is InChI=1S/C17H29NO3/c1-13(2)8-6-7-9-18-12-14-10-16(20-4)17(21-5)11-15(14)19-3/h10-11,13,18H,6-9,12H2,1-5H3. The van der Waals surface area contributed by atoms with Crippen LogP contribution in [-0.2, 0) is 6.54 Å². The van der Waals surface area contributed by atoms with Crippen LogP contribution in [-0.4, -0.2) is 27.9 Å². The number of methoxy groups -OCH3 is 3. The third-order valence-electron chi connectivity index (χ3n) is 3.49. The summed E-state index contributed by atoms with van der Waals surface area (Å²) in [6.07, 6.45) is 3.77. The van der Waals surface area contributed by atoms with Gasteiger partial charge in [-0.25, -0.2) is 0 Å². The maximum atomic E-state index is 5.42. The monoisotopic (exact) mass is 295 g/mol. The molecule has 0 aliphatic rings. The first-order valence-electron chi connectivity index (χ1n) is 7.62. The van der Waals surface area contributed by atoms with E-state index in [0.717, 1.165) is 36.1 Å². The van der Waals surface area contributed by atoms with E-state index < -0.39 is 0 Å². The predicted molar refractivity (Wildman–Crippen MR) is 86.5 cm³/mol.